The number of likely N-dealkylation sites (tertiary alicyclic amines) is 1. The van der Waals surface area contributed by atoms with Gasteiger partial charge in [0.15, 0.2) is 0 Å². The van der Waals surface area contributed by atoms with Crippen LogP contribution >= 0.6 is 11.3 Å². The number of hydrogen-bond acceptors (Lipinski definition) is 4. The Hall–Kier alpha value is -1.88. The zero-order valence-corrected chi connectivity index (χ0v) is 13.4. The summed E-state index contributed by atoms with van der Waals surface area (Å²) < 4.78 is 0. The van der Waals surface area contributed by atoms with E-state index in [4.69, 9.17) is 5.73 Å². The number of carbonyl (C=O) groups is 1. The molecule has 1 unspecified atom stereocenters. The highest BCUT2D eigenvalue weighted by Gasteiger charge is 2.29. The number of amides is 1. The standard InChI is InChI=1S/C17H21N3OS/c18-14-6-2-1-5-13(14)8-9-16(21)20-11-4-3-7-15(20)17-19-10-12-22-17/h1-2,5-6,10,12,15H,3-4,7-9,11,18H2. The minimum atomic E-state index is 0.161. The monoisotopic (exact) mass is 315 g/mol. The van der Waals surface area contributed by atoms with Gasteiger partial charge in [-0.05, 0) is 37.3 Å². The first-order chi connectivity index (χ1) is 10.8. The molecule has 0 radical (unpaired) electrons. The number of nitrogens with zero attached hydrogens (tertiary/aromatic N) is 2. The minimum absolute atomic E-state index is 0.161. The predicted octanol–water partition coefficient (Wildman–Crippen LogP) is 3.41. The van der Waals surface area contributed by atoms with Crippen LogP contribution in [0.5, 0.6) is 0 Å². The Balaban J connectivity index is 1.66. The van der Waals surface area contributed by atoms with Crippen LogP contribution in [-0.2, 0) is 11.2 Å². The van der Waals surface area contributed by atoms with E-state index < -0.39 is 0 Å². The van der Waals surface area contributed by atoms with Crippen LogP contribution in [0.3, 0.4) is 0 Å². The number of thiazole rings is 1. The van der Waals surface area contributed by atoms with Crippen LogP contribution in [0.2, 0.25) is 0 Å². The molecule has 1 aliphatic rings. The van der Waals surface area contributed by atoms with Gasteiger partial charge in [-0.2, -0.15) is 0 Å². The highest BCUT2D eigenvalue weighted by molar-refractivity contribution is 7.09. The first kappa shape index (κ1) is 15.0. The van der Waals surface area contributed by atoms with E-state index in [1.165, 1.54) is 6.42 Å². The number of nitrogen functional groups attached to an aromatic ring is 1. The fourth-order valence-electron chi connectivity index (χ4n) is 3.03. The molecule has 4 nitrogen and oxygen atoms in total. The van der Waals surface area contributed by atoms with Gasteiger partial charge >= 0.3 is 0 Å². The fourth-order valence-corrected chi connectivity index (χ4v) is 3.82. The molecule has 3 rings (SSSR count). The topological polar surface area (TPSA) is 59.2 Å². The van der Waals surface area contributed by atoms with Crippen molar-refractivity contribution in [3.63, 3.8) is 0 Å². The van der Waals surface area contributed by atoms with Crippen LogP contribution in [0.15, 0.2) is 35.8 Å². The number of para-hydroxylation sites is 1. The third-order valence-corrected chi connectivity index (χ3v) is 5.10. The van der Waals surface area contributed by atoms with Crippen LogP contribution in [0.1, 0.15) is 42.3 Å². The number of rotatable bonds is 4. The number of benzene rings is 1. The van der Waals surface area contributed by atoms with Gasteiger partial charge in [0.25, 0.3) is 0 Å². The van der Waals surface area contributed by atoms with Crippen LogP contribution < -0.4 is 5.73 Å². The zero-order chi connectivity index (χ0) is 15.4. The number of nitrogens with two attached hydrogens (primary N) is 1. The number of anilines is 1. The van der Waals surface area contributed by atoms with E-state index in [0.29, 0.717) is 12.8 Å². The van der Waals surface area contributed by atoms with Crippen molar-refractivity contribution in [2.45, 2.75) is 38.1 Å². The van der Waals surface area contributed by atoms with Crippen molar-refractivity contribution in [1.82, 2.24) is 9.88 Å². The van der Waals surface area contributed by atoms with Crippen molar-refractivity contribution in [3.8, 4) is 0 Å². The highest BCUT2D eigenvalue weighted by Crippen LogP contribution is 2.32. The van der Waals surface area contributed by atoms with Crippen molar-refractivity contribution < 1.29 is 4.79 Å². The second kappa shape index (κ2) is 6.92. The molecule has 0 bridgehead atoms. The maximum Gasteiger partial charge on any atom is 0.223 e. The summed E-state index contributed by atoms with van der Waals surface area (Å²) in [5.74, 6) is 0.211. The maximum absolute atomic E-state index is 12.7. The van der Waals surface area contributed by atoms with Crippen molar-refractivity contribution in [3.05, 3.63) is 46.4 Å². The molecular weight excluding hydrogens is 294 g/mol. The van der Waals surface area contributed by atoms with Crippen LogP contribution in [-0.4, -0.2) is 22.3 Å². The Kier molecular flexibility index (Phi) is 4.73. The minimum Gasteiger partial charge on any atom is -0.399 e. The van der Waals surface area contributed by atoms with Gasteiger partial charge in [0, 0.05) is 30.2 Å². The van der Waals surface area contributed by atoms with Gasteiger partial charge in [0.2, 0.25) is 5.91 Å². The van der Waals surface area contributed by atoms with Crippen LogP contribution in [0.4, 0.5) is 5.69 Å². The smallest absolute Gasteiger partial charge is 0.223 e. The number of aromatic nitrogens is 1. The maximum atomic E-state index is 12.7. The lowest BCUT2D eigenvalue weighted by molar-refractivity contribution is -0.135. The predicted molar refractivity (Wildman–Crippen MR) is 89.6 cm³/mol. The summed E-state index contributed by atoms with van der Waals surface area (Å²) in [6.45, 7) is 0.841. The molecule has 1 aromatic carbocycles. The molecule has 2 N–H and O–H groups in total. The van der Waals surface area contributed by atoms with E-state index in [9.17, 15) is 4.79 Å². The van der Waals surface area contributed by atoms with Crippen LogP contribution in [0.25, 0.3) is 0 Å². The number of hydrogen-bond donors (Lipinski definition) is 1. The average molecular weight is 315 g/mol. The molecule has 22 heavy (non-hydrogen) atoms. The molecule has 2 heterocycles. The molecule has 0 saturated carbocycles. The van der Waals surface area contributed by atoms with E-state index in [0.717, 1.165) is 35.6 Å². The average Bonchev–Trinajstić information content (AvgIpc) is 3.08. The SMILES string of the molecule is Nc1ccccc1CCC(=O)N1CCCCC1c1nccs1. The summed E-state index contributed by atoms with van der Waals surface area (Å²) >= 11 is 1.64. The van der Waals surface area contributed by atoms with Gasteiger partial charge in [-0.25, -0.2) is 4.98 Å². The van der Waals surface area contributed by atoms with Crippen molar-refractivity contribution in [2.24, 2.45) is 0 Å². The van der Waals surface area contributed by atoms with E-state index in [1.54, 1.807) is 11.3 Å². The first-order valence-electron chi connectivity index (χ1n) is 7.78. The summed E-state index contributed by atoms with van der Waals surface area (Å²) in [6, 6.07) is 7.93. The number of carbonyl (C=O) groups excluding carboxylic acids is 1. The van der Waals surface area contributed by atoms with Gasteiger partial charge in [-0.15, -0.1) is 11.3 Å². The fraction of sp³-hybridized carbons (Fsp3) is 0.412. The Morgan fingerprint density at radius 3 is 3.00 bits per heavy atom. The molecule has 1 aromatic heterocycles. The summed E-state index contributed by atoms with van der Waals surface area (Å²) in [5, 5.41) is 3.05. The molecule has 0 spiro atoms. The van der Waals surface area contributed by atoms with E-state index in [1.807, 2.05) is 40.7 Å². The summed E-state index contributed by atoms with van der Waals surface area (Å²) in [6.07, 6.45) is 6.30. The van der Waals surface area contributed by atoms with Gasteiger partial charge in [0.1, 0.15) is 5.01 Å². The molecule has 1 aliphatic heterocycles. The third kappa shape index (κ3) is 3.30. The van der Waals surface area contributed by atoms with Crippen molar-refractivity contribution in [1.29, 1.82) is 0 Å². The normalized spacial score (nSPS) is 18.4. The van der Waals surface area contributed by atoms with Crippen molar-refractivity contribution in [2.75, 3.05) is 12.3 Å². The van der Waals surface area contributed by atoms with Gasteiger partial charge < -0.3 is 10.6 Å². The molecule has 0 aliphatic carbocycles. The molecule has 5 heteroatoms. The quantitative estimate of drug-likeness (QED) is 0.880. The molecular formula is C17H21N3OS. The van der Waals surface area contributed by atoms with E-state index >= 15 is 0 Å². The van der Waals surface area contributed by atoms with E-state index in [2.05, 4.69) is 4.98 Å². The molecule has 1 atom stereocenters. The van der Waals surface area contributed by atoms with Gasteiger partial charge in [-0.3, -0.25) is 4.79 Å². The second-order valence-electron chi connectivity index (χ2n) is 5.67. The zero-order valence-electron chi connectivity index (χ0n) is 12.6. The Labute approximate surface area is 135 Å². The van der Waals surface area contributed by atoms with Gasteiger partial charge in [-0.1, -0.05) is 18.2 Å². The lowest BCUT2D eigenvalue weighted by Gasteiger charge is -2.34. The molecule has 2 aromatic rings. The molecule has 1 amide bonds. The molecule has 116 valence electrons. The summed E-state index contributed by atoms with van der Waals surface area (Å²) in [5.41, 5.74) is 7.78. The Bertz CT molecular complexity index is 627. The summed E-state index contributed by atoms with van der Waals surface area (Å²) in [4.78, 5) is 19.1. The third-order valence-electron chi connectivity index (χ3n) is 4.22. The van der Waals surface area contributed by atoms with E-state index in [-0.39, 0.29) is 11.9 Å². The van der Waals surface area contributed by atoms with Crippen molar-refractivity contribution >= 4 is 22.9 Å². The Morgan fingerprint density at radius 1 is 1.36 bits per heavy atom. The molecule has 1 saturated heterocycles. The number of aryl methyl sites for hydroxylation is 1. The first-order valence-corrected chi connectivity index (χ1v) is 8.66. The van der Waals surface area contributed by atoms with Gasteiger partial charge in [0.05, 0.1) is 6.04 Å². The Morgan fingerprint density at radius 2 is 2.23 bits per heavy atom. The lowest BCUT2D eigenvalue weighted by Crippen LogP contribution is -2.38. The number of piperidine rings is 1. The highest BCUT2D eigenvalue weighted by atomic mass is 32.1. The second-order valence-corrected chi connectivity index (χ2v) is 6.59. The molecule has 1 fully saturated rings. The summed E-state index contributed by atoms with van der Waals surface area (Å²) in [7, 11) is 0. The lowest BCUT2D eigenvalue weighted by atomic mass is 10.0. The van der Waals surface area contributed by atoms with Crippen LogP contribution in [0, 0.1) is 0 Å². The largest absolute Gasteiger partial charge is 0.399 e.